The van der Waals surface area contributed by atoms with Crippen molar-refractivity contribution in [3.63, 3.8) is 0 Å². The zero-order valence-corrected chi connectivity index (χ0v) is 14.5. The zero-order valence-electron chi connectivity index (χ0n) is 14.5. The van der Waals surface area contributed by atoms with Crippen LogP contribution in [0.25, 0.3) is 10.8 Å². The Kier molecular flexibility index (Phi) is 5.30. The average molecular weight is 368 g/mol. The highest BCUT2D eigenvalue weighted by atomic mass is 19.1. The third kappa shape index (κ3) is 4.38. The predicted octanol–water partition coefficient (Wildman–Crippen LogP) is 4.14. The lowest BCUT2D eigenvalue weighted by atomic mass is 10.0. The van der Waals surface area contributed by atoms with E-state index in [0.717, 1.165) is 34.5 Å². The van der Waals surface area contributed by atoms with Gasteiger partial charge in [-0.2, -0.15) is 0 Å². The quantitative estimate of drug-likeness (QED) is 0.524. The van der Waals surface area contributed by atoms with Crippen molar-refractivity contribution in [3.05, 3.63) is 82.2 Å². The van der Waals surface area contributed by atoms with Crippen LogP contribution in [0.3, 0.4) is 0 Å². The van der Waals surface area contributed by atoms with Crippen LogP contribution in [-0.4, -0.2) is 17.4 Å². The molecule has 3 aromatic rings. The van der Waals surface area contributed by atoms with Crippen LogP contribution < -0.4 is 10.1 Å². The third-order valence-electron chi connectivity index (χ3n) is 4.13. The van der Waals surface area contributed by atoms with Gasteiger partial charge in [-0.05, 0) is 35.4 Å². The maximum absolute atomic E-state index is 13.3. The average Bonchev–Trinajstić information content (AvgIpc) is 2.65. The Bertz CT molecular complexity index is 1010. The molecule has 6 nitrogen and oxygen atoms in total. The van der Waals surface area contributed by atoms with Gasteiger partial charge >= 0.3 is 5.69 Å². The molecule has 0 saturated heterocycles. The molecule has 0 aliphatic carbocycles. The Morgan fingerprint density at radius 3 is 2.63 bits per heavy atom. The summed E-state index contributed by atoms with van der Waals surface area (Å²) in [6.07, 6.45) is 0. The molecule has 0 spiro atoms. The van der Waals surface area contributed by atoms with Gasteiger partial charge in [-0.3, -0.25) is 14.9 Å². The number of nitrogens with zero attached hydrogens (tertiary/aromatic N) is 1. The van der Waals surface area contributed by atoms with Crippen molar-refractivity contribution in [2.45, 2.75) is 13.0 Å². The van der Waals surface area contributed by atoms with E-state index in [1.54, 1.807) is 0 Å². The Hall–Kier alpha value is -3.48. The molecule has 138 valence electrons. The summed E-state index contributed by atoms with van der Waals surface area (Å²) in [6.45, 7) is 1.37. The molecule has 0 bridgehead atoms. The van der Waals surface area contributed by atoms with Crippen molar-refractivity contribution >= 4 is 22.4 Å². The number of carbonyl (C=O) groups excluding carboxylic acids is 1. The maximum Gasteiger partial charge on any atom is 0.311 e. The number of hydrogen-bond donors (Lipinski definition) is 1. The molecule has 1 atom stereocenters. The SMILES string of the molecule is CC(NC(=O)COc1cc(F)ccc1[N+](=O)[O-])c1ccc2ccccc2c1. The number of benzene rings is 3. The fraction of sp³-hybridized carbons (Fsp3) is 0.150. The van der Waals surface area contributed by atoms with Crippen molar-refractivity contribution in [1.82, 2.24) is 5.32 Å². The van der Waals surface area contributed by atoms with Gasteiger partial charge in [0.1, 0.15) is 5.82 Å². The van der Waals surface area contributed by atoms with E-state index in [-0.39, 0.29) is 11.8 Å². The van der Waals surface area contributed by atoms with Crippen LogP contribution in [0.2, 0.25) is 0 Å². The van der Waals surface area contributed by atoms with E-state index in [1.807, 2.05) is 49.4 Å². The first-order valence-corrected chi connectivity index (χ1v) is 8.29. The van der Waals surface area contributed by atoms with Crippen molar-refractivity contribution in [3.8, 4) is 5.75 Å². The minimum atomic E-state index is -0.690. The molecule has 0 radical (unpaired) electrons. The summed E-state index contributed by atoms with van der Waals surface area (Å²) < 4.78 is 18.4. The molecule has 0 aliphatic heterocycles. The molecule has 0 aliphatic rings. The molecule has 1 unspecified atom stereocenters. The minimum Gasteiger partial charge on any atom is -0.477 e. The lowest BCUT2D eigenvalue weighted by molar-refractivity contribution is -0.385. The highest BCUT2D eigenvalue weighted by Gasteiger charge is 2.18. The Morgan fingerprint density at radius 2 is 1.89 bits per heavy atom. The Morgan fingerprint density at radius 1 is 1.15 bits per heavy atom. The van der Waals surface area contributed by atoms with Gasteiger partial charge in [0.2, 0.25) is 5.75 Å². The summed E-state index contributed by atoms with van der Waals surface area (Å²) >= 11 is 0. The summed E-state index contributed by atoms with van der Waals surface area (Å²) in [7, 11) is 0. The second-order valence-electron chi connectivity index (χ2n) is 6.05. The molecule has 0 heterocycles. The van der Waals surface area contributed by atoms with Crippen LogP contribution in [0.4, 0.5) is 10.1 Å². The number of amides is 1. The molecular formula is C20H17FN2O4. The first-order valence-electron chi connectivity index (χ1n) is 8.29. The highest BCUT2D eigenvalue weighted by molar-refractivity contribution is 5.83. The third-order valence-corrected chi connectivity index (χ3v) is 4.13. The standard InChI is InChI=1S/C20H17FN2O4/c1-13(15-7-6-14-4-2-3-5-16(14)10-15)22-20(24)12-27-19-11-17(21)8-9-18(19)23(25)26/h2-11,13H,12H2,1H3,(H,22,24). The van der Waals surface area contributed by atoms with E-state index in [1.165, 1.54) is 0 Å². The van der Waals surface area contributed by atoms with E-state index in [2.05, 4.69) is 5.32 Å². The number of nitrogens with one attached hydrogen (secondary N) is 1. The second kappa shape index (κ2) is 7.82. The summed E-state index contributed by atoms with van der Waals surface area (Å²) in [4.78, 5) is 22.4. The molecule has 0 aromatic heterocycles. The fourth-order valence-corrected chi connectivity index (χ4v) is 2.74. The molecule has 3 rings (SSSR count). The van der Waals surface area contributed by atoms with Crippen LogP contribution >= 0.6 is 0 Å². The number of rotatable bonds is 6. The van der Waals surface area contributed by atoms with Gasteiger partial charge in [-0.25, -0.2) is 4.39 Å². The number of halogens is 1. The van der Waals surface area contributed by atoms with Crippen molar-refractivity contribution in [2.75, 3.05) is 6.61 Å². The van der Waals surface area contributed by atoms with E-state index in [4.69, 9.17) is 4.74 Å². The van der Waals surface area contributed by atoms with E-state index in [9.17, 15) is 19.3 Å². The molecule has 0 saturated carbocycles. The smallest absolute Gasteiger partial charge is 0.311 e. The Balaban J connectivity index is 1.65. The number of nitro benzene ring substituents is 1. The van der Waals surface area contributed by atoms with E-state index < -0.39 is 28.9 Å². The van der Waals surface area contributed by atoms with Crippen LogP contribution in [0, 0.1) is 15.9 Å². The number of nitro groups is 1. The summed E-state index contributed by atoms with van der Waals surface area (Å²) in [5.41, 5.74) is 0.519. The first-order chi connectivity index (χ1) is 12.9. The van der Waals surface area contributed by atoms with E-state index >= 15 is 0 Å². The van der Waals surface area contributed by atoms with Gasteiger partial charge in [-0.15, -0.1) is 0 Å². The molecule has 1 amide bonds. The van der Waals surface area contributed by atoms with Crippen LogP contribution in [-0.2, 0) is 4.79 Å². The van der Waals surface area contributed by atoms with Gasteiger partial charge in [0, 0.05) is 12.1 Å². The van der Waals surface area contributed by atoms with Gasteiger partial charge in [-0.1, -0.05) is 36.4 Å². The number of ether oxygens (including phenoxy) is 1. The van der Waals surface area contributed by atoms with Crippen LogP contribution in [0.1, 0.15) is 18.5 Å². The van der Waals surface area contributed by atoms with Gasteiger partial charge < -0.3 is 10.1 Å². The first kappa shape index (κ1) is 18.3. The van der Waals surface area contributed by atoms with Crippen LogP contribution in [0.15, 0.2) is 60.7 Å². The molecule has 27 heavy (non-hydrogen) atoms. The number of hydrogen-bond acceptors (Lipinski definition) is 4. The summed E-state index contributed by atoms with van der Waals surface area (Å²) in [5, 5.41) is 15.9. The highest BCUT2D eigenvalue weighted by Crippen LogP contribution is 2.27. The number of carbonyl (C=O) groups is 1. The van der Waals surface area contributed by atoms with Gasteiger partial charge in [0.05, 0.1) is 11.0 Å². The van der Waals surface area contributed by atoms with Gasteiger partial charge in [0.15, 0.2) is 6.61 Å². The molecule has 0 fully saturated rings. The fourth-order valence-electron chi connectivity index (χ4n) is 2.74. The summed E-state index contributed by atoms with van der Waals surface area (Å²) in [6, 6.07) is 16.3. The van der Waals surface area contributed by atoms with Crippen molar-refractivity contribution < 1.29 is 18.8 Å². The lowest BCUT2D eigenvalue weighted by Gasteiger charge is -2.15. The van der Waals surface area contributed by atoms with Crippen molar-refractivity contribution in [1.29, 1.82) is 0 Å². The minimum absolute atomic E-state index is 0.284. The zero-order chi connectivity index (χ0) is 19.4. The molecule has 3 aromatic carbocycles. The Labute approximate surface area is 154 Å². The van der Waals surface area contributed by atoms with Crippen molar-refractivity contribution in [2.24, 2.45) is 0 Å². The summed E-state index contributed by atoms with van der Waals surface area (Å²) in [5.74, 6) is -1.43. The topological polar surface area (TPSA) is 81.5 Å². The van der Waals surface area contributed by atoms with Crippen LogP contribution in [0.5, 0.6) is 5.75 Å². The normalized spacial score (nSPS) is 11.8. The van der Waals surface area contributed by atoms with Gasteiger partial charge in [0.25, 0.3) is 5.91 Å². The molecule has 1 N–H and O–H groups in total. The van der Waals surface area contributed by atoms with E-state index in [0.29, 0.717) is 0 Å². The molecular weight excluding hydrogens is 351 g/mol. The predicted molar refractivity (Wildman–Crippen MR) is 99.1 cm³/mol. The number of fused-ring (bicyclic) bond motifs is 1. The maximum atomic E-state index is 13.3. The second-order valence-corrected chi connectivity index (χ2v) is 6.05. The molecule has 7 heteroatoms. The largest absolute Gasteiger partial charge is 0.477 e. The lowest BCUT2D eigenvalue weighted by Crippen LogP contribution is -2.31. The monoisotopic (exact) mass is 368 g/mol.